The Kier molecular flexibility index (Phi) is 3.23. The highest BCUT2D eigenvalue weighted by Crippen LogP contribution is 2.30. The number of nitrogens with zero attached hydrogens (tertiary/aromatic N) is 1. The standard InChI is InChI=1S/C10H8F3N3O2S/c11-10(12,13)7-2-1-3-8(6-7)19(17,18)16-9-14-4-5-15-9/h1-6H,(H2,14,15,16). The molecule has 1 heterocycles. The predicted molar refractivity (Wildman–Crippen MR) is 60.8 cm³/mol. The van der Waals surface area contributed by atoms with E-state index in [9.17, 15) is 21.6 Å². The Balaban J connectivity index is 2.36. The number of alkyl halides is 3. The van der Waals surface area contributed by atoms with Gasteiger partial charge in [-0.05, 0) is 18.2 Å². The smallest absolute Gasteiger partial charge is 0.330 e. The molecule has 0 saturated heterocycles. The lowest BCUT2D eigenvalue weighted by molar-refractivity contribution is -0.137. The number of aromatic amines is 1. The van der Waals surface area contributed by atoms with Gasteiger partial charge in [-0.2, -0.15) is 13.2 Å². The number of anilines is 1. The van der Waals surface area contributed by atoms with Crippen LogP contribution in [0.5, 0.6) is 0 Å². The number of nitrogens with one attached hydrogen (secondary N) is 2. The number of halogens is 3. The summed E-state index contributed by atoms with van der Waals surface area (Å²) in [6.45, 7) is 0. The Morgan fingerprint density at radius 2 is 2.00 bits per heavy atom. The molecule has 0 unspecified atom stereocenters. The minimum absolute atomic E-state index is 0.0718. The normalized spacial score (nSPS) is 12.4. The van der Waals surface area contributed by atoms with Gasteiger partial charge in [-0.3, -0.25) is 0 Å². The third kappa shape index (κ3) is 3.05. The highest BCUT2D eigenvalue weighted by molar-refractivity contribution is 7.92. The molecule has 0 bridgehead atoms. The van der Waals surface area contributed by atoms with Gasteiger partial charge in [-0.1, -0.05) is 6.07 Å². The molecule has 102 valence electrons. The molecular weight excluding hydrogens is 283 g/mol. The molecule has 1 aromatic carbocycles. The van der Waals surface area contributed by atoms with Crippen molar-refractivity contribution >= 4 is 16.0 Å². The van der Waals surface area contributed by atoms with Crippen molar-refractivity contribution in [2.24, 2.45) is 0 Å². The summed E-state index contributed by atoms with van der Waals surface area (Å²) in [6.07, 6.45) is -1.91. The fourth-order valence-corrected chi connectivity index (χ4v) is 2.37. The SMILES string of the molecule is O=S(=O)(Nc1ncc[nH]1)c1cccc(C(F)(F)F)c1. The molecular formula is C10H8F3N3O2S. The van der Waals surface area contributed by atoms with Crippen molar-refractivity contribution in [3.8, 4) is 0 Å². The van der Waals surface area contributed by atoms with E-state index in [2.05, 4.69) is 9.97 Å². The summed E-state index contributed by atoms with van der Waals surface area (Å²) < 4.78 is 63.2. The molecule has 2 rings (SSSR count). The first kappa shape index (κ1) is 13.4. The van der Waals surface area contributed by atoms with Gasteiger partial charge in [0.25, 0.3) is 10.0 Å². The molecule has 0 amide bonds. The number of aromatic nitrogens is 2. The molecule has 1 aromatic heterocycles. The second-order valence-corrected chi connectivity index (χ2v) is 5.25. The van der Waals surface area contributed by atoms with E-state index in [1.807, 2.05) is 4.72 Å². The Bertz CT molecular complexity index is 666. The first-order valence-corrected chi connectivity index (χ1v) is 6.47. The van der Waals surface area contributed by atoms with Crippen LogP contribution in [0.1, 0.15) is 5.56 Å². The Morgan fingerprint density at radius 1 is 1.26 bits per heavy atom. The number of benzene rings is 1. The van der Waals surface area contributed by atoms with E-state index < -0.39 is 26.7 Å². The van der Waals surface area contributed by atoms with Crippen molar-refractivity contribution in [1.82, 2.24) is 9.97 Å². The molecule has 2 aromatic rings. The van der Waals surface area contributed by atoms with E-state index in [1.165, 1.54) is 12.4 Å². The molecule has 0 aliphatic heterocycles. The maximum atomic E-state index is 12.5. The highest BCUT2D eigenvalue weighted by Gasteiger charge is 2.31. The van der Waals surface area contributed by atoms with Gasteiger partial charge in [0.2, 0.25) is 5.95 Å². The van der Waals surface area contributed by atoms with Gasteiger partial charge in [-0.15, -0.1) is 0 Å². The van der Waals surface area contributed by atoms with Gasteiger partial charge in [0.15, 0.2) is 0 Å². The predicted octanol–water partition coefficient (Wildman–Crippen LogP) is 2.23. The van der Waals surface area contributed by atoms with Gasteiger partial charge >= 0.3 is 6.18 Å². The van der Waals surface area contributed by atoms with E-state index in [0.29, 0.717) is 6.07 Å². The Labute approximate surface area is 106 Å². The van der Waals surface area contributed by atoms with Gasteiger partial charge in [-0.25, -0.2) is 18.1 Å². The molecule has 2 N–H and O–H groups in total. The summed E-state index contributed by atoms with van der Waals surface area (Å²) >= 11 is 0. The zero-order chi connectivity index (χ0) is 14.1. The lowest BCUT2D eigenvalue weighted by Crippen LogP contribution is -2.15. The van der Waals surface area contributed by atoms with Gasteiger partial charge in [0, 0.05) is 12.4 Å². The number of hydrogen-bond donors (Lipinski definition) is 2. The monoisotopic (exact) mass is 291 g/mol. The average molecular weight is 291 g/mol. The summed E-state index contributed by atoms with van der Waals surface area (Å²) in [7, 11) is -4.11. The van der Waals surface area contributed by atoms with Gasteiger partial charge in [0.05, 0.1) is 10.5 Å². The maximum Gasteiger partial charge on any atom is 0.416 e. The minimum Gasteiger partial charge on any atom is -0.330 e. The Hall–Kier alpha value is -2.03. The third-order valence-electron chi connectivity index (χ3n) is 2.20. The van der Waals surface area contributed by atoms with Crippen LogP contribution in [0.3, 0.4) is 0 Å². The second kappa shape index (κ2) is 4.57. The minimum atomic E-state index is -4.60. The number of H-pyrrole nitrogens is 1. The number of imidazole rings is 1. The van der Waals surface area contributed by atoms with Gasteiger partial charge < -0.3 is 4.98 Å². The van der Waals surface area contributed by atoms with Crippen LogP contribution in [0.2, 0.25) is 0 Å². The molecule has 0 atom stereocenters. The van der Waals surface area contributed by atoms with E-state index in [1.54, 1.807) is 0 Å². The lowest BCUT2D eigenvalue weighted by atomic mass is 10.2. The summed E-state index contributed by atoms with van der Waals surface area (Å²) in [5.74, 6) is -0.0718. The largest absolute Gasteiger partial charge is 0.416 e. The van der Waals surface area contributed by atoms with E-state index in [4.69, 9.17) is 0 Å². The fourth-order valence-electron chi connectivity index (χ4n) is 1.35. The Morgan fingerprint density at radius 3 is 2.58 bits per heavy atom. The lowest BCUT2D eigenvalue weighted by Gasteiger charge is -2.09. The average Bonchev–Trinajstić information content (AvgIpc) is 2.80. The van der Waals surface area contributed by atoms with E-state index in [0.717, 1.165) is 18.2 Å². The molecule has 0 saturated carbocycles. The molecule has 0 fully saturated rings. The third-order valence-corrected chi connectivity index (χ3v) is 3.54. The summed E-state index contributed by atoms with van der Waals surface area (Å²) in [6, 6.07) is 3.46. The second-order valence-electron chi connectivity index (χ2n) is 3.57. The first-order chi connectivity index (χ1) is 8.79. The highest BCUT2D eigenvalue weighted by atomic mass is 32.2. The quantitative estimate of drug-likeness (QED) is 0.910. The maximum absolute atomic E-state index is 12.5. The van der Waals surface area contributed by atoms with Crippen LogP contribution in [0.25, 0.3) is 0 Å². The molecule has 0 radical (unpaired) electrons. The van der Waals surface area contributed by atoms with Crippen molar-refractivity contribution < 1.29 is 21.6 Å². The summed E-state index contributed by atoms with van der Waals surface area (Å²) in [5, 5.41) is 0. The molecule has 0 aliphatic rings. The molecule has 5 nitrogen and oxygen atoms in total. The van der Waals surface area contributed by atoms with Crippen LogP contribution in [-0.2, 0) is 16.2 Å². The summed E-state index contributed by atoms with van der Waals surface area (Å²) in [4.78, 5) is 5.63. The van der Waals surface area contributed by atoms with Gasteiger partial charge in [0.1, 0.15) is 0 Å². The van der Waals surface area contributed by atoms with E-state index in [-0.39, 0.29) is 5.95 Å². The number of rotatable bonds is 3. The fraction of sp³-hybridized carbons (Fsp3) is 0.100. The van der Waals surface area contributed by atoms with Crippen LogP contribution < -0.4 is 4.72 Å². The van der Waals surface area contributed by atoms with Crippen molar-refractivity contribution in [2.75, 3.05) is 4.72 Å². The van der Waals surface area contributed by atoms with Crippen LogP contribution >= 0.6 is 0 Å². The van der Waals surface area contributed by atoms with Crippen molar-refractivity contribution in [1.29, 1.82) is 0 Å². The number of sulfonamides is 1. The first-order valence-electron chi connectivity index (χ1n) is 4.98. The van der Waals surface area contributed by atoms with E-state index >= 15 is 0 Å². The zero-order valence-electron chi connectivity index (χ0n) is 9.27. The van der Waals surface area contributed by atoms with Crippen LogP contribution in [-0.4, -0.2) is 18.4 Å². The van der Waals surface area contributed by atoms with Crippen molar-refractivity contribution in [3.63, 3.8) is 0 Å². The topological polar surface area (TPSA) is 74.8 Å². The summed E-state index contributed by atoms with van der Waals surface area (Å²) in [5.41, 5.74) is -1.03. The molecule has 0 aliphatic carbocycles. The van der Waals surface area contributed by atoms with Crippen molar-refractivity contribution in [2.45, 2.75) is 11.1 Å². The van der Waals surface area contributed by atoms with Crippen molar-refractivity contribution in [3.05, 3.63) is 42.2 Å². The molecule has 9 heteroatoms. The zero-order valence-corrected chi connectivity index (χ0v) is 10.1. The molecule has 0 spiro atoms. The molecule has 19 heavy (non-hydrogen) atoms. The van der Waals surface area contributed by atoms with Crippen LogP contribution in [0.15, 0.2) is 41.6 Å². The van der Waals surface area contributed by atoms with Crippen LogP contribution in [0.4, 0.5) is 19.1 Å². The number of hydrogen-bond acceptors (Lipinski definition) is 3. The van der Waals surface area contributed by atoms with Crippen LogP contribution in [0, 0.1) is 0 Å².